The average molecular weight is 289 g/mol. The maximum atomic E-state index is 9.85. The molecule has 0 radical (unpaired) electrons. The van der Waals surface area contributed by atoms with Crippen LogP contribution in [0.3, 0.4) is 0 Å². The number of hydrogen-bond acceptors (Lipinski definition) is 6. The molecule has 0 saturated heterocycles. The van der Waals surface area contributed by atoms with Gasteiger partial charge in [0.1, 0.15) is 5.52 Å². The second-order valence-electron chi connectivity index (χ2n) is 5.32. The molecule has 0 bridgehead atoms. The molecule has 0 amide bonds. The van der Waals surface area contributed by atoms with E-state index >= 15 is 0 Å². The zero-order valence-electron chi connectivity index (χ0n) is 12.6. The smallest absolute Gasteiger partial charge is 0.222 e. The Morgan fingerprint density at radius 2 is 2.14 bits per heavy atom. The van der Waals surface area contributed by atoms with E-state index in [0.717, 1.165) is 25.7 Å². The maximum absolute atomic E-state index is 9.85. The van der Waals surface area contributed by atoms with Crippen LogP contribution in [0.4, 0.5) is 11.8 Å². The van der Waals surface area contributed by atoms with Gasteiger partial charge in [0.05, 0.1) is 17.7 Å². The van der Waals surface area contributed by atoms with Gasteiger partial charge in [-0.2, -0.15) is 4.98 Å². The van der Waals surface area contributed by atoms with Crippen molar-refractivity contribution in [3.8, 4) is 0 Å². The summed E-state index contributed by atoms with van der Waals surface area (Å²) in [5, 5.41) is 13.2. The number of nitrogens with zero attached hydrogens (tertiary/aromatic N) is 3. The molecular formula is C15H23N5O. The number of aliphatic hydroxyl groups excluding tert-OH is 1. The van der Waals surface area contributed by atoms with E-state index in [1.54, 1.807) is 6.20 Å². The molecule has 0 aliphatic rings. The summed E-state index contributed by atoms with van der Waals surface area (Å²) in [5.74, 6) is 0.793. The second kappa shape index (κ2) is 6.67. The highest BCUT2D eigenvalue weighted by atomic mass is 16.3. The summed E-state index contributed by atoms with van der Waals surface area (Å²) in [7, 11) is 0. The van der Waals surface area contributed by atoms with Gasteiger partial charge in [-0.3, -0.25) is 4.98 Å². The first kappa shape index (κ1) is 15.4. The lowest BCUT2D eigenvalue weighted by Gasteiger charge is -2.32. The van der Waals surface area contributed by atoms with E-state index < -0.39 is 5.54 Å². The molecule has 2 aromatic rings. The molecule has 0 unspecified atom stereocenters. The molecule has 2 heterocycles. The van der Waals surface area contributed by atoms with Crippen molar-refractivity contribution in [1.82, 2.24) is 15.0 Å². The van der Waals surface area contributed by atoms with Gasteiger partial charge in [0.25, 0.3) is 0 Å². The lowest BCUT2D eigenvalue weighted by atomic mass is 9.90. The standard InChI is InChI=1S/C15H23N5O/c1-3-5-8-15(4-2,10-21)20-13-12-11(7-6-9-17-12)18-14(16)19-13/h6-7,9,21H,3-5,8,10H2,1-2H3,(H3,16,18,19,20)/t15-/m1/s1. The number of aliphatic hydroxyl groups is 1. The van der Waals surface area contributed by atoms with Crippen LogP contribution in [0.25, 0.3) is 11.0 Å². The Hall–Kier alpha value is -1.95. The van der Waals surface area contributed by atoms with E-state index in [1.165, 1.54) is 0 Å². The number of unbranched alkanes of at least 4 members (excludes halogenated alkanes) is 1. The summed E-state index contributed by atoms with van der Waals surface area (Å²) >= 11 is 0. The molecule has 21 heavy (non-hydrogen) atoms. The second-order valence-corrected chi connectivity index (χ2v) is 5.32. The monoisotopic (exact) mass is 289 g/mol. The Morgan fingerprint density at radius 1 is 1.33 bits per heavy atom. The Morgan fingerprint density at radius 3 is 2.81 bits per heavy atom. The van der Waals surface area contributed by atoms with Crippen molar-refractivity contribution in [1.29, 1.82) is 0 Å². The molecular weight excluding hydrogens is 266 g/mol. The molecule has 0 aliphatic carbocycles. The molecule has 4 N–H and O–H groups in total. The lowest BCUT2D eigenvalue weighted by Crippen LogP contribution is -2.42. The van der Waals surface area contributed by atoms with Crippen LogP contribution in [0.2, 0.25) is 0 Å². The Labute approximate surface area is 124 Å². The van der Waals surface area contributed by atoms with Gasteiger partial charge in [-0.1, -0.05) is 26.7 Å². The van der Waals surface area contributed by atoms with Crippen molar-refractivity contribution in [2.75, 3.05) is 17.7 Å². The third kappa shape index (κ3) is 3.39. The van der Waals surface area contributed by atoms with Crippen LogP contribution in [0.15, 0.2) is 18.3 Å². The van der Waals surface area contributed by atoms with Crippen molar-refractivity contribution >= 4 is 22.8 Å². The number of nitrogens with one attached hydrogen (secondary N) is 1. The summed E-state index contributed by atoms with van der Waals surface area (Å²) in [4.78, 5) is 12.8. The molecule has 2 rings (SSSR count). The van der Waals surface area contributed by atoms with Gasteiger partial charge in [0, 0.05) is 6.20 Å². The van der Waals surface area contributed by atoms with E-state index in [-0.39, 0.29) is 12.6 Å². The van der Waals surface area contributed by atoms with Crippen LogP contribution >= 0.6 is 0 Å². The van der Waals surface area contributed by atoms with Gasteiger partial charge in [0.2, 0.25) is 5.95 Å². The number of nitrogens with two attached hydrogens (primary N) is 1. The summed E-state index contributed by atoms with van der Waals surface area (Å²) in [5.41, 5.74) is 6.75. The summed E-state index contributed by atoms with van der Waals surface area (Å²) in [6, 6.07) is 3.67. The van der Waals surface area contributed by atoms with Crippen LogP contribution in [0, 0.1) is 0 Å². The van der Waals surface area contributed by atoms with Gasteiger partial charge in [-0.25, -0.2) is 4.98 Å². The van der Waals surface area contributed by atoms with E-state index in [0.29, 0.717) is 16.9 Å². The zero-order chi connectivity index (χ0) is 15.3. The van der Waals surface area contributed by atoms with Gasteiger partial charge in [-0.05, 0) is 25.0 Å². The highest BCUT2D eigenvalue weighted by Gasteiger charge is 2.28. The van der Waals surface area contributed by atoms with Crippen LogP contribution in [0.5, 0.6) is 0 Å². The van der Waals surface area contributed by atoms with Crippen LogP contribution in [0.1, 0.15) is 39.5 Å². The predicted molar refractivity (Wildman–Crippen MR) is 85.0 cm³/mol. The van der Waals surface area contributed by atoms with Crippen molar-refractivity contribution in [3.05, 3.63) is 18.3 Å². The summed E-state index contributed by atoms with van der Waals surface area (Å²) < 4.78 is 0. The maximum Gasteiger partial charge on any atom is 0.222 e. The molecule has 0 aromatic carbocycles. The van der Waals surface area contributed by atoms with Crippen molar-refractivity contribution in [2.45, 2.75) is 45.1 Å². The number of fused-ring (bicyclic) bond motifs is 1. The minimum Gasteiger partial charge on any atom is -0.394 e. The largest absolute Gasteiger partial charge is 0.394 e. The highest BCUT2D eigenvalue weighted by Crippen LogP contribution is 2.27. The minimum absolute atomic E-state index is 0.0434. The number of nitrogen functional groups attached to an aromatic ring is 1. The lowest BCUT2D eigenvalue weighted by molar-refractivity contribution is 0.195. The van der Waals surface area contributed by atoms with Crippen LogP contribution in [-0.2, 0) is 0 Å². The number of hydrogen-bond donors (Lipinski definition) is 3. The van der Waals surface area contributed by atoms with Crippen molar-refractivity contribution < 1.29 is 5.11 Å². The molecule has 6 heteroatoms. The molecule has 2 aromatic heterocycles. The number of pyridine rings is 1. The van der Waals surface area contributed by atoms with Crippen LogP contribution < -0.4 is 11.1 Å². The van der Waals surface area contributed by atoms with E-state index in [4.69, 9.17) is 5.73 Å². The third-order valence-corrected chi connectivity index (χ3v) is 3.84. The SMILES string of the molecule is CCCC[C@](CC)(CO)Nc1nc(N)nc2cccnc12. The van der Waals surface area contributed by atoms with Gasteiger partial charge >= 0.3 is 0 Å². The number of rotatable bonds is 7. The Bertz CT molecular complexity index is 598. The zero-order valence-corrected chi connectivity index (χ0v) is 12.6. The first-order valence-electron chi connectivity index (χ1n) is 7.41. The molecule has 0 aliphatic heterocycles. The van der Waals surface area contributed by atoms with Gasteiger partial charge in [0.15, 0.2) is 5.82 Å². The minimum atomic E-state index is -0.402. The summed E-state index contributed by atoms with van der Waals surface area (Å²) in [6.07, 6.45) is 5.48. The fourth-order valence-electron chi connectivity index (χ4n) is 2.40. The first-order chi connectivity index (χ1) is 10.1. The van der Waals surface area contributed by atoms with Crippen molar-refractivity contribution in [2.24, 2.45) is 0 Å². The predicted octanol–water partition coefficient (Wildman–Crippen LogP) is 2.35. The fourth-order valence-corrected chi connectivity index (χ4v) is 2.40. The van der Waals surface area contributed by atoms with E-state index in [1.807, 2.05) is 12.1 Å². The van der Waals surface area contributed by atoms with E-state index in [2.05, 4.69) is 34.1 Å². The topological polar surface area (TPSA) is 97.0 Å². The average Bonchev–Trinajstić information content (AvgIpc) is 2.51. The first-order valence-corrected chi connectivity index (χ1v) is 7.41. The van der Waals surface area contributed by atoms with E-state index in [9.17, 15) is 5.11 Å². The summed E-state index contributed by atoms with van der Waals surface area (Å²) in [6.45, 7) is 4.23. The normalized spacial score (nSPS) is 14.0. The van der Waals surface area contributed by atoms with Crippen molar-refractivity contribution in [3.63, 3.8) is 0 Å². The number of anilines is 2. The molecule has 1 atom stereocenters. The third-order valence-electron chi connectivity index (χ3n) is 3.84. The molecule has 6 nitrogen and oxygen atoms in total. The van der Waals surface area contributed by atoms with Crippen LogP contribution in [-0.4, -0.2) is 32.2 Å². The Kier molecular flexibility index (Phi) is 4.90. The van der Waals surface area contributed by atoms with Gasteiger partial charge < -0.3 is 16.2 Å². The molecule has 114 valence electrons. The number of aromatic nitrogens is 3. The fraction of sp³-hybridized carbons (Fsp3) is 0.533. The van der Waals surface area contributed by atoms with Gasteiger partial charge in [-0.15, -0.1) is 0 Å². The quantitative estimate of drug-likeness (QED) is 0.724. The highest BCUT2D eigenvalue weighted by molar-refractivity contribution is 5.86. The Balaban J connectivity index is 2.40. The molecule has 0 fully saturated rings. The molecule has 0 saturated carbocycles. The molecule has 0 spiro atoms.